The van der Waals surface area contributed by atoms with Gasteiger partial charge in [-0.1, -0.05) is 11.6 Å². The minimum Gasteiger partial charge on any atom is -0.467 e. The standard InChI is InChI=1S/C9H8ClNO3S/c1-14-9(13)5-4-11(5)8(12)6-2-3-7(10)15-6/h2-3,5H,4H2,1H3. The largest absolute Gasteiger partial charge is 0.467 e. The number of hydrogen-bond acceptors (Lipinski definition) is 4. The van der Waals surface area contributed by atoms with E-state index in [2.05, 4.69) is 4.74 Å². The number of amides is 1. The summed E-state index contributed by atoms with van der Waals surface area (Å²) in [7, 11) is 1.31. The van der Waals surface area contributed by atoms with Crippen LogP contribution in [-0.2, 0) is 9.53 Å². The molecule has 1 atom stereocenters. The average molecular weight is 246 g/mol. The first kappa shape index (κ1) is 10.4. The number of carbonyl (C=O) groups excluding carboxylic acids is 2. The Hall–Kier alpha value is -1.07. The molecule has 0 bridgehead atoms. The zero-order valence-corrected chi connectivity index (χ0v) is 9.47. The van der Waals surface area contributed by atoms with Gasteiger partial charge in [0.05, 0.1) is 22.9 Å². The highest BCUT2D eigenvalue weighted by atomic mass is 35.5. The molecule has 1 fully saturated rings. The van der Waals surface area contributed by atoms with Gasteiger partial charge in [0.15, 0.2) is 0 Å². The van der Waals surface area contributed by atoms with E-state index in [0.29, 0.717) is 15.8 Å². The Morgan fingerprint density at radius 1 is 1.60 bits per heavy atom. The van der Waals surface area contributed by atoms with Crippen LogP contribution in [0.2, 0.25) is 4.34 Å². The van der Waals surface area contributed by atoms with Gasteiger partial charge >= 0.3 is 5.97 Å². The van der Waals surface area contributed by atoms with E-state index in [1.807, 2.05) is 0 Å². The van der Waals surface area contributed by atoms with Crippen LogP contribution in [0, 0.1) is 0 Å². The summed E-state index contributed by atoms with van der Waals surface area (Å²) < 4.78 is 5.10. The van der Waals surface area contributed by atoms with E-state index in [4.69, 9.17) is 11.6 Å². The maximum absolute atomic E-state index is 11.7. The molecule has 0 aromatic carbocycles. The third kappa shape index (κ3) is 1.98. The number of nitrogens with zero attached hydrogens (tertiary/aromatic N) is 1. The molecule has 6 heteroatoms. The molecule has 0 spiro atoms. The maximum atomic E-state index is 11.7. The second kappa shape index (κ2) is 3.83. The summed E-state index contributed by atoms with van der Waals surface area (Å²) in [5.74, 6) is -0.534. The highest BCUT2D eigenvalue weighted by molar-refractivity contribution is 7.18. The second-order valence-electron chi connectivity index (χ2n) is 3.10. The summed E-state index contributed by atoms with van der Waals surface area (Å²) in [4.78, 5) is 24.8. The molecular weight excluding hydrogens is 238 g/mol. The van der Waals surface area contributed by atoms with Crippen LogP contribution in [-0.4, -0.2) is 36.5 Å². The zero-order chi connectivity index (χ0) is 11.0. The van der Waals surface area contributed by atoms with Gasteiger partial charge in [-0.3, -0.25) is 4.79 Å². The summed E-state index contributed by atoms with van der Waals surface area (Å²) in [6, 6.07) is 2.90. The van der Waals surface area contributed by atoms with Gasteiger partial charge in [0, 0.05) is 0 Å². The van der Waals surface area contributed by atoms with E-state index in [1.54, 1.807) is 12.1 Å². The van der Waals surface area contributed by atoms with Crippen LogP contribution in [0.3, 0.4) is 0 Å². The number of thiophene rings is 1. The normalized spacial score (nSPS) is 18.8. The van der Waals surface area contributed by atoms with E-state index in [1.165, 1.54) is 23.3 Å². The summed E-state index contributed by atoms with van der Waals surface area (Å²) in [5, 5.41) is 0. The smallest absolute Gasteiger partial charge is 0.330 e. The summed E-state index contributed by atoms with van der Waals surface area (Å²) in [6.07, 6.45) is 0. The van der Waals surface area contributed by atoms with Gasteiger partial charge in [-0.05, 0) is 12.1 Å². The molecule has 0 N–H and O–H groups in total. The van der Waals surface area contributed by atoms with Crippen molar-refractivity contribution in [3.63, 3.8) is 0 Å². The van der Waals surface area contributed by atoms with Crippen molar-refractivity contribution < 1.29 is 14.3 Å². The highest BCUT2D eigenvalue weighted by Crippen LogP contribution is 2.27. The molecule has 1 saturated heterocycles. The van der Waals surface area contributed by atoms with Gasteiger partial charge in [0.1, 0.15) is 6.04 Å². The molecule has 4 nitrogen and oxygen atoms in total. The van der Waals surface area contributed by atoms with Crippen molar-refractivity contribution in [1.29, 1.82) is 0 Å². The van der Waals surface area contributed by atoms with Gasteiger partial charge in [-0.25, -0.2) is 4.79 Å². The fourth-order valence-corrected chi connectivity index (χ4v) is 2.27. The summed E-state index contributed by atoms with van der Waals surface area (Å²) in [6.45, 7) is 0.432. The lowest BCUT2D eigenvalue weighted by atomic mass is 10.4. The molecule has 1 aromatic heterocycles. The third-order valence-electron chi connectivity index (χ3n) is 2.13. The number of halogens is 1. The van der Waals surface area contributed by atoms with Crippen molar-refractivity contribution in [2.45, 2.75) is 6.04 Å². The van der Waals surface area contributed by atoms with Crippen LogP contribution < -0.4 is 0 Å². The molecule has 0 aliphatic carbocycles. The minimum absolute atomic E-state index is 0.165. The summed E-state index contributed by atoms with van der Waals surface area (Å²) in [5.41, 5.74) is 0. The van der Waals surface area contributed by atoms with E-state index >= 15 is 0 Å². The first-order valence-electron chi connectivity index (χ1n) is 4.27. The topological polar surface area (TPSA) is 46.4 Å². The van der Waals surface area contributed by atoms with Crippen LogP contribution in [0.25, 0.3) is 0 Å². The SMILES string of the molecule is COC(=O)C1CN1C(=O)c1ccc(Cl)s1. The number of hydrogen-bond donors (Lipinski definition) is 0. The Balaban J connectivity index is 2.03. The van der Waals surface area contributed by atoms with Crippen molar-refractivity contribution in [3.8, 4) is 0 Å². The van der Waals surface area contributed by atoms with Crippen molar-refractivity contribution in [3.05, 3.63) is 21.3 Å². The second-order valence-corrected chi connectivity index (χ2v) is 4.82. The predicted octanol–water partition coefficient (Wildman–Crippen LogP) is 1.40. The average Bonchev–Trinajstić information content (AvgIpc) is 2.92. The molecule has 0 radical (unpaired) electrons. The number of esters is 1. The van der Waals surface area contributed by atoms with E-state index in [-0.39, 0.29) is 11.9 Å². The van der Waals surface area contributed by atoms with Crippen molar-refractivity contribution in [2.75, 3.05) is 13.7 Å². The van der Waals surface area contributed by atoms with Gasteiger partial charge in [-0.15, -0.1) is 11.3 Å². The van der Waals surface area contributed by atoms with Gasteiger partial charge in [0.25, 0.3) is 5.91 Å². The Kier molecular flexibility index (Phi) is 2.67. The lowest BCUT2D eigenvalue weighted by Crippen LogP contribution is -2.19. The predicted molar refractivity (Wildman–Crippen MR) is 56.2 cm³/mol. The molecular formula is C9H8ClNO3S. The number of ether oxygens (including phenoxy) is 1. The third-order valence-corrected chi connectivity index (χ3v) is 3.35. The lowest BCUT2D eigenvalue weighted by Gasteiger charge is -2.00. The van der Waals surface area contributed by atoms with Crippen LogP contribution in [0.5, 0.6) is 0 Å². The fourth-order valence-electron chi connectivity index (χ4n) is 1.27. The van der Waals surface area contributed by atoms with E-state index in [9.17, 15) is 9.59 Å². The Morgan fingerprint density at radius 2 is 2.33 bits per heavy atom. The van der Waals surface area contributed by atoms with Crippen LogP contribution >= 0.6 is 22.9 Å². The van der Waals surface area contributed by atoms with E-state index in [0.717, 1.165) is 0 Å². The molecule has 1 amide bonds. The molecule has 1 aliphatic rings. The van der Waals surface area contributed by atoms with Crippen LogP contribution in [0.4, 0.5) is 0 Å². The van der Waals surface area contributed by atoms with E-state index < -0.39 is 6.04 Å². The summed E-state index contributed by atoms with van der Waals surface area (Å²) >= 11 is 6.92. The molecule has 1 aromatic rings. The Morgan fingerprint density at radius 3 is 2.87 bits per heavy atom. The highest BCUT2D eigenvalue weighted by Gasteiger charge is 2.45. The maximum Gasteiger partial charge on any atom is 0.330 e. The molecule has 1 aliphatic heterocycles. The monoisotopic (exact) mass is 245 g/mol. The van der Waals surface area contributed by atoms with Crippen molar-refractivity contribution in [2.24, 2.45) is 0 Å². The quantitative estimate of drug-likeness (QED) is 0.585. The zero-order valence-electron chi connectivity index (χ0n) is 7.90. The fraction of sp³-hybridized carbons (Fsp3) is 0.333. The molecule has 1 unspecified atom stereocenters. The van der Waals surface area contributed by atoms with Gasteiger partial charge in [-0.2, -0.15) is 0 Å². The van der Waals surface area contributed by atoms with Gasteiger partial charge in [0.2, 0.25) is 0 Å². The Labute approximate surface area is 95.4 Å². The number of rotatable bonds is 2. The number of methoxy groups -OCH3 is 1. The molecule has 2 rings (SSSR count). The van der Waals surface area contributed by atoms with Crippen LogP contribution in [0.15, 0.2) is 12.1 Å². The first-order chi connectivity index (χ1) is 7.13. The van der Waals surface area contributed by atoms with Crippen molar-refractivity contribution >= 4 is 34.8 Å². The first-order valence-corrected chi connectivity index (χ1v) is 5.47. The lowest BCUT2D eigenvalue weighted by molar-refractivity contribution is -0.140. The van der Waals surface area contributed by atoms with Crippen molar-refractivity contribution in [1.82, 2.24) is 4.90 Å². The van der Waals surface area contributed by atoms with Crippen LogP contribution in [0.1, 0.15) is 9.67 Å². The molecule has 0 saturated carbocycles. The minimum atomic E-state index is -0.414. The number of carbonyl (C=O) groups is 2. The molecule has 2 heterocycles. The Bertz CT molecular complexity index is 417. The molecule has 80 valence electrons. The van der Waals surface area contributed by atoms with Gasteiger partial charge < -0.3 is 9.64 Å². The molecule has 15 heavy (non-hydrogen) atoms.